The molecule has 1 aliphatic heterocycles. The molecule has 0 bridgehead atoms. The maximum Gasteiger partial charge on any atom is 0.303 e. The normalized spacial score (nSPS) is 20.9. The number of rotatable bonds is 9. The number of carbonyl (C=O) groups excluding carboxylic acids is 2. The van der Waals surface area contributed by atoms with Gasteiger partial charge in [0.1, 0.15) is 0 Å². The smallest absolute Gasteiger partial charge is 0.303 e. The Hall–Kier alpha value is -1.89. The maximum atomic E-state index is 11.8. The summed E-state index contributed by atoms with van der Waals surface area (Å²) in [6.45, 7) is 0.343. The van der Waals surface area contributed by atoms with Crippen LogP contribution in [-0.2, 0) is 14.4 Å². The van der Waals surface area contributed by atoms with E-state index in [0.29, 0.717) is 25.8 Å². The summed E-state index contributed by atoms with van der Waals surface area (Å²) in [5, 5.41) is 21.5. The fraction of sp³-hybridized carbons (Fsp3) is 0.643. The molecule has 0 saturated carbocycles. The number of nitrogens with one attached hydrogen (secondary N) is 1. The molecule has 0 spiro atoms. The van der Waals surface area contributed by atoms with Crippen LogP contribution in [0.2, 0.25) is 0 Å². The Bertz CT molecular complexity index is 435. The third-order valence-electron chi connectivity index (χ3n) is 3.50. The van der Waals surface area contributed by atoms with Crippen molar-refractivity contribution in [2.24, 2.45) is 0 Å². The van der Waals surface area contributed by atoms with E-state index in [9.17, 15) is 19.5 Å². The molecule has 1 atom stereocenters. The minimum Gasteiger partial charge on any atom is -0.481 e. The number of carboxylic acids is 1. The molecule has 21 heavy (non-hydrogen) atoms. The van der Waals surface area contributed by atoms with E-state index in [4.69, 9.17) is 5.11 Å². The minimum absolute atomic E-state index is 0.104. The van der Waals surface area contributed by atoms with Gasteiger partial charge in [-0.3, -0.25) is 14.4 Å². The van der Waals surface area contributed by atoms with Gasteiger partial charge in [-0.25, -0.2) is 0 Å². The molecule has 7 heteroatoms. The zero-order valence-corrected chi connectivity index (χ0v) is 12.2. The van der Waals surface area contributed by atoms with Crippen molar-refractivity contribution in [3.63, 3.8) is 0 Å². The highest BCUT2D eigenvalue weighted by Gasteiger charge is 2.38. The number of unbranched alkanes of at least 4 members (excludes halogenated alkanes) is 2. The molecular formula is C14H22N2O5. The van der Waals surface area contributed by atoms with Crippen molar-refractivity contribution in [2.45, 2.75) is 44.2 Å². The highest BCUT2D eigenvalue weighted by molar-refractivity contribution is 5.91. The van der Waals surface area contributed by atoms with Gasteiger partial charge in [-0.15, -0.1) is 0 Å². The van der Waals surface area contributed by atoms with Gasteiger partial charge in [-0.1, -0.05) is 6.42 Å². The summed E-state index contributed by atoms with van der Waals surface area (Å²) >= 11 is 0. The minimum atomic E-state index is -1.42. The van der Waals surface area contributed by atoms with Gasteiger partial charge in [0, 0.05) is 38.9 Å². The van der Waals surface area contributed by atoms with Crippen LogP contribution in [0.15, 0.2) is 12.2 Å². The number of nitrogens with zero attached hydrogens (tertiary/aromatic N) is 1. The molecule has 1 aliphatic rings. The summed E-state index contributed by atoms with van der Waals surface area (Å²) in [5.41, 5.74) is -1.42. The van der Waals surface area contributed by atoms with Crippen LogP contribution >= 0.6 is 0 Å². The lowest BCUT2D eigenvalue weighted by molar-refractivity contribution is -0.144. The van der Waals surface area contributed by atoms with Crippen LogP contribution in [0, 0.1) is 0 Å². The Morgan fingerprint density at radius 3 is 2.62 bits per heavy atom. The second kappa shape index (κ2) is 7.78. The number of carboxylic acid groups (broad SMARTS) is 1. The first-order valence-corrected chi connectivity index (χ1v) is 7.04. The molecule has 3 N–H and O–H groups in total. The lowest BCUT2D eigenvalue weighted by Gasteiger charge is -2.33. The highest BCUT2D eigenvalue weighted by Crippen LogP contribution is 2.26. The molecule has 7 nitrogen and oxygen atoms in total. The van der Waals surface area contributed by atoms with E-state index in [0.717, 1.165) is 0 Å². The van der Waals surface area contributed by atoms with Crippen molar-refractivity contribution >= 4 is 17.8 Å². The van der Waals surface area contributed by atoms with Crippen molar-refractivity contribution in [2.75, 3.05) is 13.6 Å². The first-order chi connectivity index (χ1) is 9.89. The van der Waals surface area contributed by atoms with Gasteiger partial charge in [0.05, 0.1) is 0 Å². The van der Waals surface area contributed by atoms with E-state index in [-0.39, 0.29) is 31.1 Å². The largest absolute Gasteiger partial charge is 0.481 e. The molecule has 0 fully saturated rings. The number of carbonyl (C=O) groups is 3. The molecule has 1 heterocycles. The van der Waals surface area contributed by atoms with Gasteiger partial charge in [0.25, 0.3) is 0 Å². The summed E-state index contributed by atoms with van der Waals surface area (Å²) in [4.78, 5) is 34.7. The predicted molar refractivity (Wildman–Crippen MR) is 75.2 cm³/mol. The fourth-order valence-electron chi connectivity index (χ4n) is 2.24. The van der Waals surface area contributed by atoms with E-state index in [1.165, 1.54) is 24.1 Å². The van der Waals surface area contributed by atoms with Crippen molar-refractivity contribution in [1.29, 1.82) is 0 Å². The van der Waals surface area contributed by atoms with E-state index in [1.807, 2.05) is 0 Å². The number of hydrogen-bond acceptors (Lipinski definition) is 4. The number of aliphatic carboxylic acids is 1. The quantitative estimate of drug-likeness (QED) is 0.529. The molecule has 0 aromatic heterocycles. The molecule has 1 unspecified atom stereocenters. The zero-order chi connectivity index (χ0) is 15.9. The van der Waals surface area contributed by atoms with E-state index in [2.05, 4.69) is 5.32 Å². The van der Waals surface area contributed by atoms with Gasteiger partial charge in [0.15, 0.2) is 5.72 Å². The predicted octanol–water partition coefficient (Wildman–Crippen LogP) is 0.245. The van der Waals surface area contributed by atoms with Gasteiger partial charge >= 0.3 is 5.97 Å². The Morgan fingerprint density at radius 1 is 1.29 bits per heavy atom. The average Bonchev–Trinajstić information content (AvgIpc) is 2.72. The molecule has 0 aliphatic carbocycles. The van der Waals surface area contributed by atoms with Crippen molar-refractivity contribution in [3.8, 4) is 0 Å². The molecule has 0 saturated heterocycles. The molecule has 2 amide bonds. The van der Waals surface area contributed by atoms with Crippen LogP contribution in [0.4, 0.5) is 0 Å². The van der Waals surface area contributed by atoms with Crippen LogP contribution < -0.4 is 5.32 Å². The molecule has 0 radical (unpaired) electrons. The Morgan fingerprint density at radius 2 is 2.00 bits per heavy atom. The second-order valence-electron chi connectivity index (χ2n) is 5.08. The van der Waals surface area contributed by atoms with Crippen LogP contribution in [0.5, 0.6) is 0 Å². The van der Waals surface area contributed by atoms with Crippen molar-refractivity contribution in [3.05, 3.63) is 12.2 Å². The monoisotopic (exact) mass is 298 g/mol. The van der Waals surface area contributed by atoms with Crippen LogP contribution in [-0.4, -0.2) is 52.2 Å². The number of aliphatic hydroxyl groups is 1. The first kappa shape index (κ1) is 17.2. The highest BCUT2D eigenvalue weighted by atomic mass is 16.4. The Kier molecular flexibility index (Phi) is 6.36. The Balaban J connectivity index is 2.44. The van der Waals surface area contributed by atoms with Crippen LogP contribution in [0.25, 0.3) is 0 Å². The summed E-state index contributed by atoms with van der Waals surface area (Å²) in [5.74, 6) is -1.32. The van der Waals surface area contributed by atoms with Gasteiger partial charge in [0.2, 0.25) is 11.8 Å². The average molecular weight is 298 g/mol. The van der Waals surface area contributed by atoms with Gasteiger partial charge < -0.3 is 20.4 Å². The zero-order valence-electron chi connectivity index (χ0n) is 12.2. The fourth-order valence-corrected chi connectivity index (χ4v) is 2.24. The van der Waals surface area contributed by atoms with E-state index >= 15 is 0 Å². The van der Waals surface area contributed by atoms with E-state index < -0.39 is 11.7 Å². The third kappa shape index (κ3) is 5.18. The lowest BCUT2D eigenvalue weighted by atomic mass is 10.1. The SMILES string of the molecule is CNC(=O)CCC1(O)C=CC(=O)N1CCCCCC(=O)O. The second-order valence-corrected chi connectivity index (χ2v) is 5.08. The van der Waals surface area contributed by atoms with Crippen LogP contribution in [0.1, 0.15) is 38.5 Å². The number of hydrogen-bond donors (Lipinski definition) is 3. The van der Waals surface area contributed by atoms with Crippen molar-refractivity contribution in [1.82, 2.24) is 10.2 Å². The van der Waals surface area contributed by atoms with E-state index in [1.54, 1.807) is 0 Å². The molecule has 118 valence electrons. The first-order valence-electron chi connectivity index (χ1n) is 7.04. The van der Waals surface area contributed by atoms with Gasteiger partial charge in [-0.05, 0) is 18.9 Å². The topological polar surface area (TPSA) is 107 Å². The summed E-state index contributed by atoms with van der Waals surface area (Å²) in [6, 6.07) is 0. The molecule has 0 aromatic carbocycles. The summed E-state index contributed by atoms with van der Waals surface area (Å²) < 4.78 is 0. The number of amides is 2. The third-order valence-corrected chi connectivity index (χ3v) is 3.50. The summed E-state index contributed by atoms with van der Waals surface area (Å²) in [7, 11) is 1.52. The van der Waals surface area contributed by atoms with Gasteiger partial charge in [-0.2, -0.15) is 0 Å². The standard InChI is InChI=1S/C14H22N2O5/c1-15-11(17)6-8-14(21)9-7-12(18)16(14)10-4-2-3-5-13(19)20/h7,9,21H,2-6,8,10H2,1H3,(H,15,17)(H,19,20). The molecular weight excluding hydrogens is 276 g/mol. The van der Waals surface area contributed by atoms with Crippen molar-refractivity contribution < 1.29 is 24.6 Å². The van der Waals surface area contributed by atoms with Crippen LogP contribution in [0.3, 0.4) is 0 Å². The summed E-state index contributed by atoms with van der Waals surface area (Å²) in [6.07, 6.45) is 4.92. The molecule has 0 aromatic rings. The molecule has 1 rings (SSSR count). The maximum absolute atomic E-state index is 11.8. The lowest BCUT2D eigenvalue weighted by Crippen LogP contribution is -2.47. The Labute approximate surface area is 123 Å².